The molecule has 2 aromatic rings. The van der Waals surface area contributed by atoms with Crippen molar-refractivity contribution in [1.82, 2.24) is 9.88 Å². The summed E-state index contributed by atoms with van der Waals surface area (Å²) in [4.78, 5) is 29.7. The van der Waals surface area contributed by atoms with Gasteiger partial charge in [-0.1, -0.05) is 18.2 Å². The molecule has 5 nitrogen and oxygen atoms in total. The highest BCUT2D eigenvalue weighted by Crippen LogP contribution is 2.19. The summed E-state index contributed by atoms with van der Waals surface area (Å²) in [6, 6.07) is 12.3. The van der Waals surface area contributed by atoms with Crippen molar-refractivity contribution >= 4 is 11.9 Å². The van der Waals surface area contributed by atoms with Gasteiger partial charge in [-0.25, -0.2) is 9.78 Å². The van der Waals surface area contributed by atoms with Crippen LogP contribution in [0.2, 0.25) is 0 Å². The molecule has 0 fully saturated rings. The molecule has 1 amide bonds. The van der Waals surface area contributed by atoms with Gasteiger partial charge in [-0.2, -0.15) is 0 Å². The molecule has 0 aliphatic rings. The Kier molecular flexibility index (Phi) is 5.11. The van der Waals surface area contributed by atoms with E-state index in [-0.39, 0.29) is 17.7 Å². The summed E-state index contributed by atoms with van der Waals surface area (Å²) >= 11 is 0. The van der Waals surface area contributed by atoms with E-state index in [4.69, 9.17) is 4.74 Å². The summed E-state index contributed by atoms with van der Waals surface area (Å²) in [5, 5.41) is 0. The van der Waals surface area contributed by atoms with Crippen LogP contribution in [0.3, 0.4) is 0 Å². The van der Waals surface area contributed by atoms with Crippen molar-refractivity contribution in [2.75, 3.05) is 14.1 Å². The Labute approximate surface area is 135 Å². The van der Waals surface area contributed by atoms with Crippen LogP contribution in [0.4, 0.5) is 0 Å². The third-order valence-electron chi connectivity index (χ3n) is 3.13. The average Bonchev–Trinajstić information content (AvgIpc) is 2.53. The predicted molar refractivity (Wildman–Crippen MR) is 88.2 cm³/mol. The Bertz CT molecular complexity index is 706. The van der Waals surface area contributed by atoms with Crippen LogP contribution in [0.15, 0.2) is 42.5 Å². The van der Waals surface area contributed by atoms with Crippen molar-refractivity contribution in [2.45, 2.75) is 20.0 Å². The molecule has 5 heteroatoms. The first-order chi connectivity index (χ1) is 10.9. The van der Waals surface area contributed by atoms with Crippen LogP contribution < -0.4 is 0 Å². The maximum Gasteiger partial charge on any atom is 0.357 e. The second kappa shape index (κ2) is 7.05. The van der Waals surface area contributed by atoms with E-state index < -0.39 is 5.97 Å². The summed E-state index contributed by atoms with van der Waals surface area (Å²) in [5.41, 5.74) is 2.37. The molecular formula is C18H20N2O3. The minimum atomic E-state index is -0.443. The molecule has 0 saturated heterocycles. The van der Waals surface area contributed by atoms with E-state index in [1.807, 2.05) is 18.2 Å². The highest BCUT2D eigenvalue weighted by molar-refractivity contribution is 5.94. The lowest BCUT2D eigenvalue weighted by atomic mass is 10.1. The third-order valence-corrected chi connectivity index (χ3v) is 3.13. The lowest BCUT2D eigenvalue weighted by Gasteiger charge is -2.11. The SMILES string of the molecule is CC(C)OC(=O)c1cccc(-c2ccc(C(=O)N(C)C)cc2)n1. The molecule has 0 unspecified atom stereocenters. The molecular weight excluding hydrogens is 292 g/mol. The first-order valence-electron chi connectivity index (χ1n) is 7.38. The van der Waals surface area contributed by atoms with Crippen LogP contribution >= 0.6 is 0 Å². The molecule has 120 valence electrons. The minimum absolute atomic E-state index is 0.0567. The number of esters is 1. The predicted octanol–water partition coefficient (Wildman–Crippen LogP) is 3.02. The molecule has 0 atom stereocenters. The first kappa shape index (κ1) is 16.7. The number of benzene rings is 1. The molecule has 0 bridgehead atoms. The number of rotatable bonds is 4. The maximum atomic E-state index is 11.9. The topological polar surface area (TPSA) is 59.5 Å². The number of nitrogens with zero attached hydrogens (tertiary/aromatic N) is 2. The molecule has 1 aromatic carbocycles. The number of hydrogen-bond donors (Lipinski definition) is 0. The van der Waals surface area contributed by atoms with Crippen molar-refractivity contribution < 1.29 is 14.3 Å². The first-order valence-corrected chi connectivity index (χ1v) is 7.38. The zero-order valence-corrected chi connectivity index (χ0v) is 13.7. The Morgan fingerprint density at radius 2 is 1.70 bits per heavy atom. The molecule has 0 aliphatic carbocycles. The van der Waals surface area contributed by atoms with Crippen LogP contribution in [-0.4, -0.2) is 42.0 Å². The third kappa shape index (κ3) is 4.16. The van der Waals surface area contributed by atoms with Gasteiger partial charge in [0.1, 0.15) is 5.69 Å². The Morgan fingerprint density at radius 3 is 2.26 bits per heavy atom. The fourth-order valence-electron chi connectivity index (χ4n) is 2.03. The lowest BCUT2D eigenvalue weighted by Crippen LogP contribution is -2.21. The summed E-state index contributed by atoms with van der Waals surface area (Å²) in [5.74, 6) is -0.500. The molecule has 0 saturated carbocycles. The van der Waals surface area contributed by atoms with Gasteiger partial charge in [-0.05, 0) is 38.1 Å². The van der Waals surface area contributed by atoms with Gasteiger partial charge >= 0.3 is 5.97 Å². The molecule has 2 rings (SSSR count). The highest BCUT2D eigenvalue weighted by atomic mass is 16.5. The van der Waals surface area contributed by atoms with Crippen molar-refractivity contribution in [3.63, 3.8) is 0 Å². The van der Waals surface area contributed by atoms with Gasteiger partial charge in [0, 0.05) is 25.2 Å². The van der Waals surface area contributed by atoms with E-state index in [0.717, 1.165) is 5.56 Å². The molecule has 0 aliphatic heterocycles. The van der Waals surface area contributed by atoms with Crippen molar-refractivity contribution in [2.24, 2.45) is 0 Å². The smallest absolute Gasteiger partial charge is 0.357 e. The van der Waals surface area contributed by atoms with E-state index >= 15 is 0 Å². The zero-order chi connectivity index (χ0) is 17.0. The highest BCUT2D eigenvalue weighted by Gasteiger charge is 2.12. The second-order valence-electron chi connectivity index (χ2n) is 5.64. The fraction of sp³-hybridized carbons (Fsp3) is 0.278. The molecule has 1 heterocycles. The number of amides is 1. The van der Waals surface area contributed by atoms with E-state index in [2.05, 4.69) is 4.98 Å². The molecule has 0 N–H and O–H groups in total. The number of carbonyl (C=O) groups excluding carboxylic acids is 2. The molecule has 0 spiro atoms. The Morgan fingerprint density at radius 1 is 1.04 bits per heavy atom. The van der Waals surface area contributed by atoms with Gasteiger partial charge in [-0.3, -0.25) is 4.79 Å². The maximum absolute atomic E-state index is 11.9. The zero-order valence-electron chi connectivity index (χ0n) is 13.7. The summed E-state index contributed by atoms with van der Waals surface area (Å²) in [6.45, 7) is 3.59. The molecule has 0 radical (unpaired) electrons. The summed E-state index contributed by atoms with van der Waals surface area (Å²) in [7, 11) is 3.42. The summed E-state index contributed by atoms with van der Waals surface area (Å²) in [6.07, 6.45) is -0.190. The Balaban J connectivity index is 2.25. The van der Waals surface area contributed by atoms with Gasteiger partial charge in [0.25, 0.3) is 5.91 Å². The van der Waals surface area contributed by atoms with Crippen molar-refractivity contribution in [3.8, 4) is 11.3 Å². The van der Waals surface area contributed by atoms with Gasteiger partial charge in [0.2, 0.25) is 0 Å². The number of carbonyl (C=O) groups is 2. The second-order valence-corrected chi connectivity index (χ2v) is 5.64. The molecule has 1 aromatic heterocycles. The number of ether oxygens (including phenoxy) is 1. The standard InChI is InChI=1S/C18H20N2O3/c1-12(2)23-18(22)16-7-5-6-15(19-16)13-8-10-14(11-9-13)17(21)20(3)4/h5-12H,1-4H3. The monoisotopic (exact) mass is 312 g/mol. The summed E-state index contributed by atoms with van der Waals surface area (Å²) < 4.78 is 5.15. The Hall–Kier alpha value is -2.69. The van der Waals surface area contributed by atoms with Crippen LogP contribution in [0.1, 0.15) is 34.7 Å². The van der Waals surface area contributed by atoms with Gasteiger partial charge in [0.15, 0.2) is 0 Å². The number of hydrogen-bond acceptors (Lipinski definition) is 4. The molecule has 23 heavy (non-hydrogen) atoms. The van der Waals surface area contributed by atoms with Gasteiger partial charge in [0.05, 0.1) is 11.8 Å². The van der Waals surface area contributed by atoms with E-state index in [9.17, 15) is 9.59 Å². The van der Waals surface area contributed by atoms with Gasteiger partial charge in [-0.15, -0.1) is 0 Å². The number of pyridine rings is 1. The normalized spacial score (nSPS) is 10.5. The minimum Gasteiger partial charge on any atom is -0.458 e. The van der Waals surface area contributed by atoms with E-state index in [1.165, 1.54) is 4.90 Å². The van der Waals surface area contributed by atoms with Crippen LogP contribution in [-0.2, 0) is 4.74 Å². The lowest BCUT2D eigenvalue weighted by molar-refractivity contribution is 0.0371. The van der Waals surface area contributed by atoms with Crippen LogP contribution in [0.5, 0.6) is 0 Å². The average molecular weight is 312 g/mol. The van der Waals surface area contributed by atoms with Crippen LogP contribution in [0, 0.1) is 0 Å². The quantitative estimate of drug-likeness (QED) is 0.814. The van der Waals surface area contributed by atoms with E-state index in [0.29, 0.717) is 11.3 Å². The van der Waals surface area contributed by atoms with Crippen LogP contribution in [0.25, 0.3) is 11.3 Å². The van der Waals surface area contributed by atoms with Gasteiger partial charge < -0.3 is 9.64 Å². The largest absolute Gasteiger partial charge is 0.458 e. The van der Waals surface area contributed by atoms with Crippen molar-refractivity contribution in [1.29, 1.82) is 0 Å². The number of aromatic nitrogens is 1. The van der Waals surface area contributed by atoms with Crippen molar-refractivity contribution in [3.05, 3.63) is 53.7 Å². The fourth-order valence-corrected chi connectivity index (χ4v) is 2.03. The van der Waals surface area contributed by atoms with E-state index in [1.54, 1.807) is 52.2 Å².